The molecule has 4 N–H and O–H groups in total. The third-order valence-corrected chi connectivity index (χ3v) is 3.48. The van der Waals surface area contributed by atoms with Crippen molar-refractivity contribution in [1.29, 1.82) is 0 Å². The number of nitrogens with two attached hydrogens (primary N) is 1. The summed E-state index contributed by atoms with van der Waals surface area (Å²) in [5, 5.41) is 18.7. The number of carbonyl (C=O) groups excluding carboxylic acids is 1. The normalized spacial score (nSPS) is 11.2. The van der Waals surface area contributed by atoms with Crippen molar-refractivity contribution in [3.8, 4) is 11.8 Å². The zero-order valence-electron chi connectivity index (χ0n) is 13.6. The largest absolute Gasteiger partial charge is 0.492 e. The Morgan fingerprint density at radius 2 is 1.57 bits per heavy atom. The highest BCUT2D eigenvalue weighted by molar-refractivity contribution is 5.69. The van der Waals surface area contributed by atoms with Crippen molar-refractivity contribution >= 4 is 5.97 Å². The van der Waals surface area contributed by atoms with E-state index in [1.807, 2.05) is 0 Å². The van der Waals surface area contributed by atoms with Gasteiger partial charge in [0.2, 0.25) is 11.8 Å². The quantitative estimate of drug-likeness (QED) is 0.406. The van der Waals surface area contributed by atoms with Crippen LogP contribution in [0.2, 0.25) is 0 Å². The minimum Gasteiger partial charge on any atom is -0.492 e. The third kappa shape index (κ3) is 8.30. The Kier molecular flexibility index (Phi) is 9.63. The highest BCUT2D eigenvalue weighted by Gasteiger charge is 2.11. The van der Waals surface area contributed by atoms with E-state index in [-0.39, 0.29) is 18.2 Å². The molecule has 1 rings (SSSR count). The molecule has 0 aromatic carbocycles. The number of aromatic nitrogens is 1. The first kappa shape index (κ1) is 19.1. The van der Waals surface area contributed by atoms with Crippen molar-refractivity contribution in [2.75, 3.05) is 6.54 Å². The fourth-order valence-electron chi connectivity index (χ4n) is 2.17. The van der Waals surface area contributed by atoms with E-state index in [1.165, 1.54) is 12.1 Å². The molecule has 0 aliphatic carbocycles. The van der Waals surface area contributed by atoms with Gasteiger partial charge in [0.25, 0.3) is 0 Å². The fourth-order valence-corrected chi connectivity index (χ4v) is 2.17. The average molecular weight is 324 g/mol. The molecule has 1 aromatic heterocycles. The van der Waals surface area contributed by atoms with Gasteiger partial charge in [-0.25, -0.2) is 4.79 Å². The van der Waals surface area contributed by atoms with Gasteiger partial charge in [-0.1, -0.05) is 25.0 Å². The van der Waals surface area contributed by atoms with Crippen LogP contribution in [0, 0.1) is 0 Å². The van der Waals surface area contributed by atoms with Crippen LogP contribution in [0.1, 0.15) is 57.8 Å². The number of aromatic hydroxyl groups is 2. The lowest BCUT2D eigenvalue weighted by molar-refractivity contribution is -0.145. The topological polar surface area (TPSA) is 97.7 Å². The van der Waals surface area contributed by atoms with Gasteiger partial charge in [-0.05, 0) is 45.1 Å². The predicted molar refractivity (Wildman–Crippen MR) is 89.1 cm³/mol. The molecule has 23 heavy (non-hydrogen) atoms. The van der Waals surface area contributed by atoms with Gasteiger partial charge < -0.3 is 20.8 Å². The zero-order valence-corrected chi connectivity index (χ0v) is 13.6. The van der Waals surface area contributed by atoms with E-state index in [0.717, 1.165) is 62.6 Å². The minimum absolute atomic E-state index is 0.270. The molecule has 0 spiro atoms. The van der Waals surface area contributed by atoms with Crippen LogP contribution in [-0.4, -0.2) is 27.5 Å². The third-order valence-electron chi connectivity index (χ3n) is 3.48. The van der Waals surface area contributed by atoms with Crippen LogP contribution in [0.15, 0.2) is 24.3 Å². The smallest absolute Gasteiger partial charge is 0.333 e. The van der Waals surface area contributed by atoms with E-state index in [9.17, 15) is 15.0 Å². The van der Waals surface area contributed by atoms with Gasteiger partial charge in [0.05, 0.1) is 0 Å². The molecule has 0 unspecified atom stereocenters. The van der Waals surface area contributed by atoms with Crippen LogP contribution in [0.25, 0.3) is 0 Å². The molecule has 0 aliphatic rings. The van der Waals surface area contributed by atoms with E-state index in [4.69, 9.17) is 10.6 Å². The average Bonchev–Trinajstić information content (AvgIpc) is 2.84. The van der Waals surface area contributed by atoms with E-state index < -0.39 is 5.97 Å². The molecule has 0 amide bonds. The molecular formula is C17H28N2O4. The first-order chi connectivity index (χ1) is 11.1. The van der Waals surface area contributed by atoms with E-state index >= 15 is 0 Å². The van der Waals surface area contributed by atoms with Crippen LogP contribution >= 0.6 is 0 Å². The Bertz CT molecular complexity index is 463. The van der Waals surface area contributed by atoms with Gasteiger partial charge in [-0.3, -0.25) is 0 Å². The minimum atomic E-state index is -0.466. The maximum absolute atomic E-state index is 11.6. The second kappa shape index (κ2) is 11.6. The van der Waals surface area contributed by atoms with E-state index in [2.05, 4.69) is 12.2 Å². The second-order valence-corrected chi connectivity index (χ2v) is 5.52. The van der Waals surface area contributed by atoms with Crippen molar-refractivity contribution < 1.29 is 19.8 Å². The SMILES string of the molecule is NCCCCC=CCCCCCCC(=O)On1c(O)ccc1O. The monoisotopic (exact) mass is 324 g/mol. The molecule has 0 fully saturated rings. The van der Waals surface area contributed by atoms with Crippen LogP contribution in [0.3, 0.4) is 0 Å². The van der Waals surface area contributed by atoms with Crippen LogP contribution < -0.4 is 10.6 Å². The van der Waals surface area contributed by atoms with E-state index in [1.54, 1.807) is 0 Å². The molecule has 6 nitrogen and oxygen atoms in total. The van der Waals surface area contributed by atoms with E-state index in [0.29, 0.717) is 0 Å². The summed E-state index contributed by atoms with van der Waals surface area (Å²) in [5.74, 6) is -1.06. The van der Waals surface area contributed by atoms with Crippen LogP contribution in [0.5, 0.6) is 11.8 Å². The van der Waals surface area contributed by atoms with Gasteiger partial charge >= 0.3 is 5.97 Å². The number of allylic oxidation sites excluding steroid dienone is 2. The lowest BCUT2D eigenvalue weighted by atomic mass is 10.1. The Morgan fingerprint density at radius 3 is 2.17 bits per heavy atom. The Labute approximate surface area is 137 Å². The summed E-state index contributed by atoms with van der Waals surface area (Å²) >= 11 is 0. The maximum Gasteiger partial charge on any atom is 0.333 e. The standard InChI is InChI=1S/C17H28N2O4/c18-14-10-8-6-4-2-1-3-5-7-9-11-17(22)23-19-15(20)12-13-16(19)21/h2,4,12-13,20-21H,1,3,5-11,14,18H2. The Balaban J connectivity index is 1.99. The van der Waals surface area contributed by atoms with Gasteiger partial charge in [0, 0.05) is 18.6 Å². The van der Waals surface area contributed by atoms with Crippen LogP contribution in [-0.2, 0) is 4.79 Å². The van der Waals surface area contributed by atoms with Gasteiger partial charge in [-0.2, -0.15) is 0 Å². The van der Waals surface area contributed by atoms with Crippen molar-refractivity contribution in [2.24, 2.45) is 5.73 Å². The molecular weight excluding hydrogens is 296 g/mol. The fraction of sp³-hybridized carbons (Fsp3) is 0.588. The molecule has 0 saturated carbocycles. The van der Waals surface area contributed by atoms with Crippen molar-refractivity contribution in [3.05, 3.63) is 24.3 Å². The molecule has 0 bridgehead atoms. The van der Waals surface area contributed by atoms with Crippen molar-refractivity contribution in [3.63, 3.8) is 0 Å². The summed E-state index contributed by atoms with van der Waals surface area (Å²) in [6, 6.07) is 2.51. The molecule has 1 heterocycles. The number of carbonyl (C=O) groups is 1. The first-order valence-electron chi connectivity index (χ1n) is 8.31. The summed E-state index contributed by atoms with van der Waals surface area (Å²) in [6.45, 7) is 0.764. The molecule has 0 aliphatic heterocycles. The number of hydrogen-bond donors (Lipinski definition) is 3. The predicted octanol–water partition coefficient (Wildman–Crippen LogP) is 2.88. The van der Waals surface area contributed by atoms with Crippen molar-refractivity contribution in [1.82, 2.24) is 4.73 Å². The second-order valence-electron chi connectivity index (χ2n) is 5.52. The molecule has 0 radical (unpaired) electrons. The van der Waals surface area contributed by atoms with Crippen LogP contribution in [0.4, 0.5) is 0 Å². The highest BCUT2D eigenvalue weighted by atomic mass is 16.7. The summed E-state index contributed by atoms with van der Waals surface area (Å²) < 4.78 is 0.720. The van der Waals surface area contributed by atoms with Gasteiger partial charge in [-0.15, -0.1) is 4.73 Å². The Hall–Kier alpha value is -1.95. The van der Waals surface area contributed by atoms with Crippen molar-refractivity contribution in [2.45, 2.75) is 57.8 Å². The molecule has 1 aromatic rings. The molecule has 0 atom stereocenters. The molecule has 0 saturated heterocycles. The maximum atomic E-state index is 11.6. The zero-order chi connectivity index (χ0) is 16.9. The lowest BCUT2D eigenvalue weighted by Crippen LogP contribution is -2.18. The summed E-state index contributed by atoms with van der Waals surface area (Å²) in [7, 11) is 0. The number of rotatable bonds is 12. The Morgan fingerprint density at radius 1 is 1.00 bits per heavy atom. The summed E-state index contributed by atoms with van der Waals surface area (Å²) in [6.07, 6.45) is 13.0. The highest BCUT2D eigenvalue weighted by Crippen LogP contribution is 2.19. The summed E-state index contributed by atoms with van der Waals surface area (Å²) in [5.41, 5.74) is 5.43. The first-order valence-corrected chi connectivity index (χ1v) is 8.31. The number of hydrogen-bond acceptors (Lipinski definition) is 5. The number of nitrogens with zero attached hydrogens (tertiary/aromatic N) is 1. The number of unbranched alkanes of at least 4 members (excludes halogenated alkanes) is 6. The van der Waals surface area contributed by atoms with Gasteiger partial charge in [0.1, 0.15) is 0 Å². The molecule has 130 valence electrons. The lowest BCUT2D eigenvalue weighted by Gasteiger charge is -2.06. The summed E-state index contributed by atoms with van der Waals surface area (Å²) in [4.78, 5) is 16.5. The van der Waals surface area contributed by atoms with Gasteiger partial charge in [0.15, 0.2) is 0 Å². The molecule has 6 heteroatoms.